The number of benzene rings is 2. The summed E-state index contributed by atoms with van der Waals surface area (Å²) in [4.78, 5) is 13.1. The monoisotopic (exact) mass is 271 g/mol. The van der Waals surface area contributed by atoms with Crippen molar-refractivity contribution in [1.29, 1.82) is 0 Å². The van der Waals surface area contributed by atoms with Crippen LogP contribution in [0.5, 0.6) is 0 Å². The van der Waals surface area contributed by atoms with Gasteiger partial charge in [-0.25, -0.2) is 4.39 Å². The molecule has 0 aliphatic rings. The minimum absolute atomic E-state index is 0.128. The molecule has 104 valence electrons. The molecule has 0 saturated heterocycles. The highest BCUT2D eigenvalue weighted by Gasteiger charge is 2.10. The van der Waals surface area contributed by atoms with E-state index in [-0.39, 0.29) is 11.6 Å². The standard InChI is InChI=1S/C17H18FNO/c1-12-4-6-14(7-5-12)11-19(3)17-9-8-15(13(2)20)10-16(17)18/h4-10H,11H2,1-3H3. The molecule has 3 heteroatoms. The molecule has 0 heterocycles. The lowest BCUT2D eigenvalue weighted by molar-refractivity contribution is 0.101. The summed E-state index contributed by atoms with van der Waals surface area (Å²) in [6, 6.07) is 12.8. The molecule has 2 rings (SSSR count). The summed E-state index contributed by atoms with van der Waals surface area (Å²) in [7, 11) is 1.84. The number of hydrogen-bond donors (Lipinski definition) is 0. The predicted octanol–water partition coefficient (Wildman–Crippen LogP) is 3.97. The van der Waals surface area contributed by atoms with Crippen LogP contribution in [0.4, 0.5) is 10.1 Å². The molecule has 0 spiro atoms. The van der Waals surface area contributed by atoms with Gasteiger partial charge in [0.2, 0.25) is 0 Å². The van der Waals surface area contributed by atoms with Gasteiger partial charge in [-0.2, -0.15) is 0 Å². The normalized spacial score (nSPS) is 10.4. The second-order valence-electron chi connectivity index (χ2n) is 5.06. The van der Waals surface area contributed by atoms with E-state index in [4.69, 9.17) is 0 Å². The molecule has 0 atom stereocenters. The Bertz CT molecular complexity index is 619. The minimum Gasteiger partial charge on any atom is -0.368 e. The summed E-state index contributed by atoms with van der Waals surface area (Å²) in [5.41, 5.74) is 3.21. The molecule has 0 radical (unpaired) electrons. The van der Waals surface area contributed by atoms with Crippen LogP contribution in [0, 0.1) is 12.7 Å². The van der Waals surface area contributed by atoms with Gasteiger partial charge in [0, 0.05) is 19.2 Å². The van der Waals surface area contributed by atoms with Crippen LogP contribution in [-0.2, 0) is 6.54 Å². The van der Waals surface area contributed by atoms with Crippen molar-refractivity contribution in [3.8, 4) is 0 Å². The Morgan fingerprint density at radius 3 is 2.35 bits per heavy atom. The van der Waals surface area contributed by atoms with Gasteiger partial charge in [-0.1, -0.05) is 29.8 Å². The summed E-state index contributed by atoms with van der Waals surface area (Å²) in [5, 5.41) is 0. The number of ketones is 1. The number of anilines is 1. The van der Waals surface area contributed by atoms with Crippen LogP contribution < -0.4 is 4.90 Å². The lowest BCUT2D eigenvalue weighted by Gasteiger charge is -2.20. The number of nitrogens with zero attached hydrogens (tertiary/aromatic N) is 1. The molecule has 2 nitrogen and oxygen atoms in total. The fraction of sp³-hybridized carbons (Fsp3) is 0.235. The van der Waals surface area contributed by atoms with Crippen molar-refractivity contribution >= 4 is 11.5 Å². The third-order valence-electron chi connectivity index (χ3n) is 3.31. The Morgan fingerprint density at radius 2 is 1.80 bits per heavy atom. The first kappa shape index (κ1) is 14.3. The highest BCUT2D eigenvalue weighted by atomic mass is 19.1. The first-order valence-electron chi connectivity index (χ1n) is 6.54. The molecule has 0 aromatic heterocycles. The molecule has 0 N–H and O–H groups in total. The quantitative estimate of drug-likeness (QED) is 0.784. The van der Waals surface area contributed by atoms with Crippen LogP contribution in [0.25, 0.3) is 0 Å². The molecule has 0 aliphatic carbocycles. The zero-order valence-corrected chi connectivity index (χ0v) is 12.0. The average molecular weight is 271 g/mol. The van der Waals surface area contributed by atoms with E-state index in [2.05, 4.69) is 0 Å². The Kier molecular flexibility index (Phi) is 4.18. The summed E-state index contributed by atoms with van der Waals surface area (Å²) in [6.07, 6.45) is 0. The van der Waals surface area contributed by atoms with E-state index >= 15 is 0 Å². The van der Waals surface area contributed by atoms with Crippen LogP contribution >= 0.6 is 0 Å². The Balaban J connectivity index is 2.18. The lowest BCUT2D eigenvalue weighted by atomic mass is 10.1. The van der Waals surface area contributed by atoms with Crippen LogP contribution in [0.2, 0.25) is 0 Å². The number of rotatable bonds is 4. The summed E-state index contributed by atoms with van der Waals surface area (Å²) in [5.74, 6) is -0.496. The molecule has 0 amide bonds. The van der Waals surface area contributed by atoms with E-state index in [1.165, 1.54) is 18.6 Å². The smallest absolute Gasteiger partial charge is 0.159 e. The summed E-state index contributed by atoms with van der Waals surface area (Å²) in [6.45, 7) is 4.09. The third-order valence-corrected chi connectivity index (χ3v) is 3.31. The Labute approximate surface area is 118 Å². The number of halogens is 1. The fourth-order valence-electron chi connectivity index (χ4n) is 2.09. The number of hydrogen-bond acceptors (Lipinski definition) is 2. The largest absolute Gasteiger partial charge is 0.368 e. The van der Waals surface area contributed by atoms with Gasteiger partial charge in [-0.15, -0.1) is 0 Å². The molecule has 2 aromatic carbocycles. The number of carbonyl (C=O) groups is 1. The second kappa shape index (κ2) is 5.87. The highest BCUT2D eigenvalue weighted by molar-refractivity contribution is 5.94. The van der Waals surface area contributed by atoms with Gasteiger partial charge in [0.25, 0.3) is 0 Å². The maximum absolute atomic E-state index is 14.0. The van der Waals surface area contributed by atoms with E-state index in [1.54, 1.807) is 12.1 Å². The van der Waals surface area contributed by atoms with E-state index < -0.39 is 0 Å². The van der Waals surface area contributed by atoms with Gasteiger partial charge in [-0.3, -0.25) is 4.79 Å². The Morgan fingerprint density at radius 1 is 1.15 bits per heavy atom. The molecule has 0 bridgehead atoms. The maximum Gasteiger partial charge on any atom is 0.159 e. The predicted molar refractivity (Wildman–Crippen MR) is 79.7 cm³/mol. The average Bonchev–Trinajstić information content (AvgIpc) is 2.41. The summed E-state index contributed by atoms with van der Waals surface area (Å²) < 4.78 is 14.0. The number of Topliss-reactive ketones (excluding diaryl/α,β-unsaturated/α-hetero) is 1. The third kappa shape index (κ3) is 3.23. The van der Waals surface area contributed by atoms with Crippen molar-refractivity contribution in [3.05, 3.63) is 65.0 Å². The number of aryl methyl sites for hydroxylation is 1. The minimum atomic E-state index is -0.368. The van der Waals surface area contributed by atoms with Crippen LogP contribution in [0.3, 0.4) is 0 Å². The summed E-state index contributed by atoms with van der Waals surface area (Å²) >= 11 is 0. The van der Waals surface area contributed by atoms with Gasteiger partial charge < -0.3 is 4.90 Å². The van der Waals surface area contributed by atoms with Crippen LogP contribution in [-0.4, -0.2) is 12.8 Å². The van der Waals surface area contributed by atoms with E-state index in [9.17, 15) is 9.18 Å². The van der Waals surface area contributed by atoms with Crippen molar-refractivity contribution in [3.63, 3.8) is 0 Å². The van der Waals surface area contributed by atoms with E-state index in [0.717, 1.165) is 5.56 Å². The van der Waals surface area contributed by atoms with Crippen LogP contribution in [0.1, 0.15) is 28.4 Å². The molecule has 0 saturated carbocycles. The molecule has 2 aromatic rings. The molecule has 0 aliphatic heterocycles. The van der Waals surface area contributed by atoms with Crippen LogP contribution in [0.15, 0.2) is 42.5 Å². The van der Waals surface area contributed by atoms with Gasteiger partial charge in [0.05, 0.1) is 5.69 Å². The molecule has 0 unspecified atom stereocenters. The topological polar surface area (TPSA) is 20.3 Å². The van der Waals surface area contributed by atoms with Crippen molar-refractivity contribution in [1.82, 2.24) is 0 Å². The zero-order valence-electron chi connectivity index (χ0n) is 12.0. The van der Waals surface area contributed by atoms with Crippen molar-refractivity contribution in [2.45, 2.75) is 20.4 Å². The van der Waals surface area contributed by atoms with E-state index in [0.29, 0.717) is 17.8 Å². The lowest BCUT2D eigenvalue weighted by Crippen LogP contribution is -2.18. The molecule has 20 heavy (non-hydrogen) atoms. The van der Waals surface area contributed by atoms with Gasteiger partial charge >= 0.3 is 0 Å². The van der Waals surface area contributed by atoms with Gasteiger partial charge in [-0.05, 0) is 37.6 Å². The zero-order chi connectivity index (χ0) is 14.7. The first-order valence-corrected chi connectivity index (χ1v) is 6.54. The van der Waals surface area contributed by atoms with Crippen molar-refractivity contribution in [2.24, 2.45) is 0 Å². The molecular formula is C17H18FNO. The SMILES string of the molecule is CC(=O)c1ccc(N(C)Cc2ccc(C)cc2)c(F)c1. The molecular weight excluding hydrogens is 253 g/mol. The number of carbonyl (C=O) groups excluding carboxylic acids is 1. The van der Waals surface area contributed by atoms with Crippen molar-refractivity contribution in [2.75, 3.05) is 11.9 Å². The first-order chi connectivity index (χ1) is 9.47. The second-order valence-corrected chi connectivity index (χ2v) is 5.06. The Hall–Kier alpha value is -2.16. The molecule has 0 fully saturated rings. The fourth-order valence-corrected chi connectivity index (χ4v) is 2.09. The van der Waals surface area contributed by atoms with Gasteiger partial charge in [0.15, 0.2) is 5.78 Å². The van der Waals surface area contributed by atoms with Crippen molar-refractivity contribution < 1.29 is 9.18 Å². The van der Waals surface area contributed by atoms with Gasteiger partial charge in [0.1, 0.15) is 5.82 Å². The highest BCUT2D eigenvalue weighted by Crippen LogP contribution is 2.21. The maximum atomic E-state index is 14.0. The van der Waals surface area contributed by atoms with E-state index in [1.807, 2.05) is 43.1 Å².